The van der Waals surface area contributed by atoms with E-state index < -0.39 is 11.8 Å². The first-order chi connectivity index (χ1) is 12.1. The van der Waals surface area contributed by atoms with Gasteiger partial charge in [0.1, 0.15) is 5.82 Å². The Bertz CT molecular complexity index is 876. The molecule has 0 saturated carbocycles. The maximum Gasteiger partial charge on any atom is 0.255 e. The van der Waals surface area contributed by atoms with E-state index in [2.05, 4.69) is 0 Å². The van der Waals surface area contributed by atoms with Crippen LogP contribution in [0.2, 0.25) is 0 Å². The van der Waals surface area contributed by atoms with Gasteiger partial charge in [-0.05, 0) is 46.9 Å². The Kier molecular flexibility index (Phi) is 4.91. The predicted molar refractivity (Wildman–Crippen MR) is 94.8 cm³/mol. The molecule has 0 saturated heterocycles. The molecule has 0 aliphatic heterocycles. The van der Waals surface area contributed by atoms with Gasteiger partial charge in [-0.15, -0.1) is 0 Å². The third-order valence-electron chi connectivity index (χ3n) is 4.24. The highest BCUT2D eigenvalue weighted by Crippen LogP contribution is 2.28. The Balaban J connectivity index is 1.96. The fourth-order valence-corrected chi connectivity index (χ4v) is 2.90. The van der Waals surface area contributed by atoms with Gasteiger partial charge in [-0.2, -0.15) is 0 Å². The summed E-state index contributed by atoms with van der Waals surface area (Å²) in [6, 6.07) is 21.7. The van der Waals surface area contributed by atoms with Gasteiger partial charge in [0.15, 0.2) is 0 Å². The molecule has 0 bridgehead atoms. The minimum Gasteiger partial charge on any atom is -0.289 e. The Morgan fingerprint density at radius 2 is 1.52 bits per heavy atom. The molecular formula is C21H18FNO2. The first-order valence-electron chi connectivity index (χ1n) is 7.95. The van der Waals surface area contributed by atoms with E-state index in [-0.39, 0.29) is 5.82 Å². The van der Waals surface area contributed by atoms with Crippen molar-refractivity contribution in [2.75, 3.05) is 0 Å². The van der Waals surface area contributed by atoms with Crippen molar-refractivity contribution >= 4 is 5.91 Å². The predicted octanol–water partition coefficient (Wildman–Crippen LogP) is 4.44. The SMILES string of the molecule is Cc1cc(-c2ccc(C(C(=O)NO)c3ccccc3)cc2)ccc1F. The van der Waals surface area contributed by atoms with Gasteiger partial charge in [-0.25, -0.2) is 9.87 Å². The van der Waals surface area contributed by atoms with Crippen LogP contribution in [0.3, 0.4) is 0 Å². The van der Waals surface area contributed by atoms with Gasteiger partial charge >= 0.3 is 0 Å². The number of nitrogens with one attached hydrogen (secondary N) is 1. The van der Waals surface area contributed by atoms with E-state index in [0.29, 0.717) is 5.56 Å². The van der Waals surface area contributed by atoms with Crippen LogP contribution in [0.1, 0.15) is 22.6 Å². The molecule has 0 spiro atoms. The van der Waals surface area contributed by atoms with Crippen molar-refractivity contribution in [2.24, 2.45) is 0 Å². The molecule has 1 atom stereocenters. The summed E-state index contributed by atoms with van der Waals surface area (Å²) >= 11 is 0. The molecule has 1 unspecified atom stereocenters. The van der Waals surface area contributed by atoms with E-state index in [1.54, 1.807) is 24.5 Å². The molecule has 3 nitrogen and oxygen atoms in total. The lowest BCUT2D eigenvalue weighted by atomic mass is 9.89. The molecule has 3 rings (SSSR count). The van der Waals surface area contributed by atoms with E-state index in [9.17, 15) is 9.18 Å². The molecule has 0 fully saturated rings. The summed E-state index contributed by atoms with van der Waals surface area (Å²) in [5.74, 6) is -1.32. The molecule has 3 aromatic rings. The van der Waals surface area contributed by atoms with E-state index in [0.717, 1.165) is 22.3 Å². The normalized spacial score (nSPS) is 11.8. The van der Waals surface area contributed by atoms with Gasteiger partial charge in [0.25, 0.3) is 5.91 Å². The zero-order valence-electron chi connectivity index (χ0n) is 13.7. The average molecular weight is 335 g/mol. The second kappa shape index (κ2) is 7.28. The second-order valence-electron chi connectivity index (χ2n) is 5.91. The van der Waals surface area contributed by atoms with Crippen molar-refractivity contribution in [1.29, 1.82) is 0 Å². The van der Waals surface area contributed by atoms with E-state index >= 15 is 0 Å². The number of carbonyl (C=O) groups is 1. The standard InChI is InChI=1S/C21H18FNO2/c1-14-13-18(11-12-19(14)22)15-7-9-17(10-8-15)20(21(24)23-25)16-5-3-2-4-6-16/h2-13,20,25H,1H3,(H,23,24). The molecule has 126 valence electrons. The molecule has 25 heavy (non-hydrogen) atoms. The van der Waals surface area contributed by atoms with Crippen molar-refractivity contribution in [3.8, 4) is 11.1 Å². The molecule has 2 N–H and O–H groups in total. The monoisotopic (exact) mass is 335 g/mol. The molecule has 0 aromatic heterocycles. The van der Waals surface area contributed by atoms with Crippen molar-refractivity contribution in [3.63, 3.8) is 0 Å². The van der Waals surface area contributed by atoms with Crippen LogP contribution < -0.4 is 5.48 Å². The summed E-state index contributed by atoms with van der Waals surface area (Å²) in [6.07, 6.45) is 0. The van der Waals surface area contributed by atoms with Crippen LogP contribution in [0.15, 0.2) is 72.8 Å². The van der Waals surface area contributed by atoms with Crippen LogP contribution in [0, 0.1) is 12.7 Å². The Labute approximate surface area is 145 Å². The summed E-state index contributed by atoms with van der Waals surface area (Å²) in [7, 11) is 0. The van der Waals surface area contributed by atoms with Crippen molar-refractivity contribution in [2.45, 2.75) is 12.8 Å². The lowest BCUT2D eigenvalue weighted by Crippen LogP contribution is -2.27. The first-order valence-corrected chi connectivity index (χ1v) is 7.95. The number of halogens is 1. The number of hydrogen-bond donors (Lipinski definition) is 2. The summed E-state index contributed by atoms with van der Waals surface area (Å²) in [5, 5.41) is 9.08. The topological polar surface area (TPSA) is 49.3 Å². The molecule has 4 heteroatoms. The third kappa shape index (κ3) is 3.59. The number of hydroxylamine groups is 1. The molecule has 1 amide bonds. The van der Waals surface area contributed by atoms with E-state index in [1.807, 2.05) is 54.6 Å². The highest BCUT2D eigenvalue weighted by atomic mass is 19.1. The number of hydrogen-bond acceptors (Lipinski definition) is 2. The molecule has 0 heterocycles. The summed E-state index contributed by atoms with van der Waals surface area (Å²) in [6.45, 7) is 1.73. The summed E-state index contributed by atoms with van der Waals surface area (Å²) in [4.78, 5) is 12.1. The van der Waals surface area contributed by atoms with Gasteiger partial charge < -0.3 is 0 Å². The van der Waals surface area contributed by atoms with Crippen molar-refractivity contribution < 1.29 is 14.4 Å². The van der Waals surface area contributed by atoms with Crippen LogP contribution in [0.4, 0.5) is 4.39 Å². The van der Waals surface area contributed by atoms with Crippen LogP contribution in [-0.2, 0) is 4.79 Å². The minimum absolute atomic E-state index is 0.232. The first kappa shape index (κ1) is 16.9. The zero-order valence-corrected chi connectivity index (χ0v) is 13.7. The second-order valence-corrected chi connectivity index (χ2v) is 5.91. The smallest absolute Gasteiger partial charge is 0.255 e. The fourth-order valence-electron chi connectivity index (χ4n) is 2.90. The molecular weight excluding hydrogens is 317 g/mol. The Hall–Kier alpha value is -2.98. The number of carbonyl (C=O) groups excluding carboxylic acids is 1. The maximum absolute atomic E-state index is 13.4. The van der Waals surface area contributed by atoms with Gasteiger partial charge in [-0.1, -0.05) is 60.7 Å². The van der Waals surface area contributed by atoms with Crippen LogP contribution >= 0.6 is 0 Å². The van der Waals surface area contributed by atoms with Gasteiger partial charge in [0.2, 0.25) is 0 Å². The highest BCUT2D eigenvalue weighted by Gasteiger charge is 2.22. The lowest BCUT2D eigenvalue weighted by molar-refractivity contribution is -0.129. The Morgan fingerprint density at radius 3 is 2.12 bits per heavy atom. The van der Waals surface area contributed by atoms with E-state index in [1.165, 1.54) is 6.07 Å². The van der Waals surface area contributed by atoms with Crippen LogP contribution in [-0.4, -0.2) is 11.1 Å². The fraction of sp³-hybridized carbons (Fsp3) is 0.0952. The average Bonchev–Trinajstić information content (AvgIpc) is 2.65. The van der Waals surface area contributed by atoms with Gasteiger partial charge in [0, 0.05) is 0 Å². The number of aryl methyl sites for hydroxylation is 1. The summed E-state index contributed by atoms with van der Waals surface area (Å²) < 4.78 is 13.4. The molecule has 3 aromatic carbocycles. The number of rotatable bonds is 4. The molecule has 0 aliphatic carbocycles. The van der Waals surface area contributed by atoms with E-state index in [4.69, 9.17) is 5.21 Å². The minimum atomic E-state index is -0.602. The quantitative estimate of drug-likeness (QED) is 0.547. The Morgan fingerprint density at radius 1 is 0.920 bits per heavy atom. The number of benzene rings is 3. The number of amides is 1. The van der Waals surface area contributed by atoms with Gasteiger partial charge in [0.05, 0.1) is 5.92 Å². The molecule has 0 aliphatic rings. The summed E-state index contributed by atoms with van der Waals surface area (Å²) in [5.41, 5.74) is 5.73. The van der Waals surface area contributed by atoms with Crippen molar-refractivity contribution in [3.05, 3.63) is 95.3 Å². The zero-order chi connectivity index (χ0) is 17.8. The largest absolute Gasteiger partial charge is 0.289 e. The van der Waals surface area contributed by atoms with Crippen molar-refractivity contribution in [1.82, 2.24) is 5.48 Å². The highest BCUT2D eigenvalue weighted by molar-refractivity contribution is 5.86. The molecule has 0 radical (unpaired) electrons. The van der Waals surface area contributed by atoms with Gasteiger partial charge in [-0.3, -0.25) is 10.0 Å². The van der Waals surface area contributed by atoms with Crippen LogP contribution in [0.5, 0.6) is 0 Å². The van der Waals surface area contributed by atoms with Crippen LogP contribution in [0.25, 0.3) is 11.1 Å². The lowest BCUT2D eigenvalue weighted by Gasteiger charge is -2.16. The maximum atomic E-state index is 13.4. The third-order valence-corrected chi connectivity index (χ3v) is 4.24.